The maximum Gasteiger partial charge on any atom is 0.433 e. The van der Waals surface area contributed by atoms with Gasteiger partial charge in [0.15, 0.2) is 0 Å². The van der Waals surface area contributed by atoms with E-state index in [1.807, 2.05) is 19.2 Å². The number of aromatic nitrogens is 4. The minimum absolute atomic E-state index is 0. The first-order valence-corrected chi connectivity index (χ1v) is 10.8. The number of halogens is 4. The second-order valence-corrected chi connectivity index (χ2v) is 8.69. The maximum absolute atomic E-state index is 13.0. The number of hydrogen-bond donors (Lipinski definition) is 1. The maximum atomic E-state index is 13.0. The van der Waals surface area contributed by atoms with E-state index < -0.39 is 17.4 Å². The highest BCUT2D eigenvalue weighted by Crippen LogP contribution is 2.41. The molecule has 1 saturated heterocycles. The highest BCUT2D eigenvalue weighted by molar-refractivity contribution is 5.85. The number of nitrogens with one attached hydrogen (secondary N) is 1. The van der Waals surface area contributed by atoms with Gasteiger partial charge in [-0.05, 0) is 48.7 Å². The van der Waals surface area contributed by atoms with Gasteiger partial charge in [0, 0.05) is 54.5 Å². The van der Waals surface area contributed by atoms with Crippen molar-refractivity contribution in [2.24, 2.45) is 7.05 Å². The fraction of sp³-hybridized carbons (Fsp3) is 0.292. The number of nitrogens with zero attached hydrogens (tertiary/aromatic N) is 4. The number of fused-ring (bicyclic) bond motifs is 6. The molecule has 1 N–H and O–H groups in total. The van der Waals surface area contributed by atoms with Crippen LogP contribution in [0.1, 0.15) is 35.8 Å². The van der Waals surface area contributed by atoms with Gasteiger partial charge in [-0.3, -0.25) is 9.36 Å². The zero-order chi connectivity index (χ0) is 22.9. The molecule has 0 radical (unpaired) electrons. The van der Waals surface area contributed by atoms with Crippen LogP contribution in [0.5, 0.6) is 0 Å². The normalized spacial score (nSPS) is 19.2. The van der Waals surface area contributed by atoms with E-state index in [0.717, 1.165) is 29.9 Å². The predicted molar refractivity (Wildman–Crippen MR) is 124 cm³/mol. The Morgan fingerprint density at radius 2 is 1.91 bits per heavy atom. The van der Waals surface area contributed by atoms with Gasteiger partial charge in [0.2, 0.25) is 0 Å². The fourth-order valence-corrected chi connectivity index (χ4v) is 5.16. The summed E-state index contributed by atoms with van der Waals surface area (Å²) in [5, 5.41) is 4.76. The van der Waals surface area contributed by atoms with Gasteiger partial charge in [-0.25, -0.2) is 9.97 Å². The standard InChI is InChI=1S/C24H20F3N5O.ClH/c1-31-18-12-14-5-7-17(28-14)22(18)15-6-8-20(30-23(15)31)32-10-9-13(11-21(32)33)16-3-2-4-19(29-16)24(25,26)27;/h2-4,6,8-11,14,17,28H,5,7,12H2,1H3;1H. The monoisotopic (exact) mass is 487 g/mol. The molecule has 0 saturated carbocycles. The minimum atomic E-state index is -4.55. The third kappa shape index (κ3) is 3.50. The minimum Gasteiger partial charge on any atom is -0.332 e. The van der Waals surface area contributed by atoms with Crippen LogP contribution < -0.4 is 10.9 Å². The summed E-state index contributed by atoms with van der Waals surface area (Å²) >= 11 is 0. The van der Waals surface area contributed by atoms with Gasteiger partial charge in [0.25, 0.3) is 5.56 Å². The van der Waals surface area contributed by atoms with Crippen molar-refractivity contribution in [1.82, 2.24) is 24.4 Å². The van der Waals surface area contributed by atoms with Gasteiger partial charge < -0.3 is 9.88 Å². The molecule has 2 aliphatic rings. The zero-order valence-corrected chi connectivity index (χ0v) is 19.0. The van der Waals surface area contributed by atoms with Crippen LogP contribution in [0.15, 0.2) is 53.5 Å². The van der Waals surface area contributed by atoms with Crippen LogP contribution >= 0.6 is 12.4 Å². The van der Waals surface area contributed by atoms with Crippen molar-refractivity contribution in [3.8, 4) is 17.1 Å². The molecule has 6 heterocycles. The molecule has 34 heavy (non-hydrogen) atoms. The van der Waals surface area contributed by atoms with E-state index >= 15 is 0 Å². The summed E-state index contributed by atoms with van der Waals surface area (Å²) in [6.07, 6.45) is 0.234. The predicted octanol–water partition coefficient (Wildman–Crippen LogP) is 4.58. The smallest absolute Gasteiger partial charge is 0.332 e. The molecule has 6 rings (SSSR count). The molecular weight excluding hydrogens is 467 g/mol. The van der Waals surface area contributed by atoms with Crippen molar-refractivity contribution in [3.63, 3.8) is 0 Å². The first kappa shape index (κ1) is 22.6. The summed E-state index contributed by atoms with van der Waals surface area (Å²) in [5.41, 5.74) is 2.45. The Morgan fingerprint density at radius 1 is 1.09 bits per heavy atom. The lowest BCUT2D eigenvalue weighted by Crippen LogP contribution is -2.32. The zero-order valence-electron chi connectivity index (χ0n) is 18.1. The molecule has 6 nitrogen and oxygen atoms in total. The lowest BCUT2D eigenvalue weighted by molar-refractivity contribution is -0.141. The van der Waals surface area contributed by atoms with Gasteiger partial charge in [0.05, 0.1) is 5.69 Å². The molecule has 2 unspecified atom stereocenters. The van der Waals surface area contributed by atoms with E-state index in [-0.39, 0.29) is 18.1 Å². The summed E-state index contributed by atoms with van der Waals surface area (Å²) in [6.45, 7) is 0. The van der Waals surface area contributed by atoms with Crippen molar-refractivity contribution in [2.75, 3.05) is 0 Å². The lowest BCUT2D eigenvalue weighted by atomic mass is 10.00. The summed E-state index contributed by atoms with van der Waals surface area (Å²) in [4.78, 5) is 21.3. The van der Waals surface area contributed by atoms with Crippen LogP contribution in [0.2, 0.25) is 0 Å². The molecule has 0 spiro atoms. The van der Waals surface area contributed by atoms with E-state index in [1.54, 1.807) is 6.07 Å². The second kappa shape index (κ2) is 7.95. The first-order chi connectivity index (χ1) is 15.8. The molecule has 4 aromatic heterocycles. The summed E-state index contributed by atoms with van der Waals surface area (Å²) in [5.74, 6) is 0.465. The Labute approximate surface area is 198 Å². The van der Waals surface area contributed by atoms with Gasteiger partial charge >= 0.3 is 6.18 Å². The molecule has 0 aromatic carbocycles. The Kier molecular flexibility index (Phi) is 5.29. The third-order valence-electron chi connectivity index (χ3n) is 6.71. The van der Waals surface area contributed by atoms with Crippen LogP contribution in [0.25, 0.3) is 28.1 Å². The van der Waals surface area contributed by atoms with Crippen LogP contribution in [0, 0.1) is 0 Å². The Bertz CT molecular complexity index is 1480. The van der Waals surface area contributed by atoms with Crippen LogP contribution in [-0.2, 0) is 19.6 Å². The first-order valence-electron chi connectivity index (χ1n) is 10.8. The average Bonchev–Trinajstić information content (AvgIpc) is 3.31. The third-order valence-corrected chi connectivity index (χ3v) is 6.71. The summed E-state index contributed by atoms with van der Waals surface area (Å²) < 4.78 is 42.5. The topological polar surface area (TPSA) is 64.7 Å². The summed E-state index contributed by atoms with van der Waals surface area (Å²) in [6, 6.07) is 11.2. The quantitative estimate of drug-likeness (QED) is 0.449. The van der Waals surface area contributed by atoms with E-state index in [4.69, 9.17) is 4.98 Å². The van der Waals surface area contributed by atoms with Crippen molar-refractivity contribution in [1.29, 1.82) is 0 Å². The number of pyridine rings is 3. The largest absolute Gasteiger partial charge is 0.433 e. The molecule has 0 aliphatic carbocycles. The Balaban J connectivity index is 0.00000241. The molecule has 2 aliphatic heterocycles. The van der Waals surface area contributed by atoms with Crippen molar-refractivity contribution in [3.05, 3.63) is 76.0 Å². The Hall–Kier alpha value is -3.17. The number of aryl methyl sites for hydroxylation is 1. The van der Waals surface area contributed by atoms with E-state index in [9.17, 15) is 18.0 Å². The Morgan fingerprint density at radius 3 is 2.68 bits per heavy atom. The number of alkyl halides is 3. The molecule has 4 aromatic rings. The van der Waals surface area contributed by atoms with Crippen LogP contribution in [0.3, 0.4) is 0 Å². The van der Waals surface area contributed by atoms with Crippen LogP contribution in [0.4, 0.5) is 13.2 Å². The number of rotatable bonds is 2. The van der Waals surface area contributed by atoms with Crippen molar-refractivity contribution < 1.29 is 13.2 Å². The molecule has 2 atom stereocenters. The molecule has 2 bridgehead atoms. The van der Waals surface area contributed by atoms with E-state index in [2.05, 4.69) is 14.9 Å². The van der Waals surface area contributed by atoms with E-state index in [1.165, 1.54) is 46.6 Å². The SMILES string of the molecule is Cl.Cn1c2c(c3ccc(-n4ccc(-c5cccc(C(F)(F)F)n5)cc4=O)nc31)C1CCC(C2)N1. The number of hydrogen-bond acceptors (Lipinski definition) is 4. The molecular formula is C24H21ClF3N5O. The summed E-state index contributed by atoms with van der Waals surface area (Å²) in [7, 11) is 2.01. The lowest BCUT2D eigenvalue weighted by Gasteiger charge is -2.22. The van der Waals surface area contributed by atoms with Crippen LogP contribution in [-0.4, -0.2) is 25.1 Å². The molecule has 1 fully saturated rings. The van der Waals surface area contributed by atoms with Gasteiger partial charge in [-0.2, -0.15) is 13.2 Å². The van der Waals surface area contributed by atoms with E-state index in [0.29, 0.717) is 23.5 Å². The van der Waals surface area contributed by atoms with Crippen molar-refractivity contribution in [2.45, 2.75) is 37.5 Å². The highest BCUT2D eigenvalue weighted by Gasteiger charge is 2.36. The second-order valence-electron chi connectivity index (χ2n) is 8.69. The van der Waals surface area contributed by atoms with Gasteiger partial charge in [0.1, 0.15) is 17.2 Å². The molecule has 0 amide bonds. The molecule has 10 heteroatoms. The highest BCUT2D eigenvalue weighted by atomic mass is 35.5. The fourth-order valence-electron chi connectivity index (χ4n) is 5.16. The van der Waals surface area contributed by atoms with Gasteiger partial charge in [-0.1, -0.05) is 6.07 Å². The van der Waals surface area contributed by atoms with Crippen molar-refractivity contribution >= 4 is 23.4 Å². The average molecular weight is 488 g/mol. The molecule has 176 valence electrons. The van der Waals surface area contributed by atoms with Gasteiger partial charge in [-0.15, -0.1) is 12.4 Å².